The second-order valence-corrected chi connectivity index (χ2v) is 6.12. The van der Waals surface area contributed by atoms with Gasteiger partial charge in [0.1, 0.15) is 0 Å². The zero-order chi connectivity index (χ0) is 11.4. The van der Waals surface area contributed by atoms with Crippen LogP contribution in [0.4, 0.5) is 0 Å². The van der Waals surface area contributed by atoms with Gasteiger partial charge in [0, 0.05) is 24.3 Å². The molecule has 0 aromatic carbocycles. The van der Waals surface area contributed by atoms with Crippen LogP contribution < -0.4 is 0 Å². The van der Waals surface area contributed by atoms with Crippen LogP contribution in [0.25, 0.3) is 0 Å². The van der Waals surface area contributed by atoms with Crippen LogP contribution in [0.5, 0.6) is 0 Å². The van der Waals surface area contributed by atoms with Crippen LogP contribution in [-0.4, -0.2) is 34.9 Å². The summed E-state index contributed by atoms with van der Waals surface area (Å²) in [6, 6.07) is 0.373. The molecule has 1 rings (SSSR count). The monoisotopic (exact) mass is 229 g/mol. The van der Waals surface area contributed by atoms with Crippen molar-refractivity contribution in [1.82, 2.24) is 4.90 Å². The smallest absolute Gasteiger partial charge is 0.226 e. The van der Waals surface area contributed by atoms with E-state index in [1.54, 1.807) is 0 Å². The third-order valence-corrected chi connectivity index (χ3v) is 4.28. The van der Waals surface area contributed by atoms with Gasteiger partial charge in [0.05, 0.1) is 0 Å². The number of thioether (sulfide) groups is 1. The average Bonchev–Trinajstić information content (AvgIpc) is 2.47. The molecule has 0 spiro atoms. The molecule has 15 heavy (non-hydrogen) atoms. The molecule has 1 aliphatic rings. The minimum Gasteiger partial charge on any atom is -0.340 e. The molecule has 0 aliphatic carbocycles. The molecule has 0 aromatic heterocycles. The first-order valence-electron chi connectivity index (χ1n) is 5.90. The maximum atomic E-state index is 11.9. The van der Waals surface area contributed by atoms with Crippen molar-refractivity contribution >= 4 is 17.7 Å². The molecule has 0 saturated carbocycles. The number of amides is 1. The first-order chi connectivity index (χ1) is 7.02. The molecular weight excluding hydrogens is 206 g/mol. The van der Waals surface area contributed by atoms with E-state index in [4.69, 9.17) is 0 Å². The molecule has 1 atom stereocenters. The summed E-state index contributed by atoms with van der Waals surface area (Å²) < 4.78 is 0. The Hall–Kier alpha value is -0.180. The van der Waals surface area contributed by atoms with Crippen LogP contribution in [0, 0.1) is 11.8 Å². The first-order valence-corrected chi connectivity index (χ1v) is 7.06. The van der Waals surface area contributed by atoms with E-state index in [2.05, 4.69) is 27.7 Å². The lowest BCUT2D eigenvalue weighted by molar-refractivity contribution is -0.131. The van der Waals surface area contributed by atoms with Crippen LogP contribution in [-0.2, 0) is 4.79 Å². The molecule has 0 radical (unpaired) electrons. The molecule has 1 unspecified atom stereocenters. The highest BCUT2D eigenvalue weighted by molar-refractivity contribution is 7.99. The normalized spacial score (nSPS) is 22.1. The molecule has 88 valence electrons. The molecule has 3 heteroatoms. The fourth-order valence-electron chi connectivity index (χ4n) is 1.88. The maximum absolute atomic E-state index is 11.9. The summed E-state index contributed by atoms with van der Waals surface area (Å²) in [5, 5.41) is 0. The lowest BCUT2D eigenvalue weighted by Gasteiger charge is -2.21. The van der Waals surface area contributed by atoms with Crippen molar-refractivity contribution in [3.8, 4) is 0 Å². The molecule has 0 bridgehead atoms. The van der Waals surface area contributed by atoms with E-state index in [1.807, 2.05) is 16.7 Å². The van der Waals surface area contributed by atoms with Crippen molar-refractivity contribution in [2.45, 2.75) is 40.2 Å². The highest BCUT2D eigenvalue weighted by Gasteiger charge is 2.32. The van der Waals surface area contributed by atoms with Gasteiger partial charge in [-0.15, -0.1) is 0 Å². The minimum absolute atomic E-state index is 0.288. The summed E-state index contributed by atoms with van der Waals surface area (Å²) in [7, 11) is 0. The number of carbonyl (C=O) groups excluding carboxylic acids is 1. The Balaban J connectivity index is 2.30. The molecule has 1 saturated heterocycles. The topological polar surface area (TPSA) is 20.3 Å². The Labute approximate surface area is 97.8 Å². The predicted molar refractivity (Wildman–Crippen MR) is 67.1 cm³/mol. The maximum Gasteiger partial charge on any atom is 0.226 e. The molecule has 1 amide bonds. The van der Waals surface area contributed by atoms with E-state index in [1.165, 1.54) is 5.75 Å². The lowest BCUT2D eigenvalue weighted by atomic mass is 10.1. The van der Waals surface area contributed by atoms with E-state index in [9.17, 15) is 4.79 Å². The fourth-order valence-corrected chi connectivity index (χ4v) is 3.08. The minimum atomic E-state index is 0.288. The Kier molecular flexibility index (Phi) is 4.97. The molecule has 1 fully saturated rings. The van der Waals surface area contributed by atoms with Crippen LogP contribution in [0.2, 0.25) is 0 Å². The average molecular weight is 229 g/mol. The van der Waals surface area contributed by atoms with Crippen molar-refractivity contribution in [1.29, 1.82) is 0 Å². The van der Waals surface area contributed by atoms with Crippen LogP contribution in [0.3, 0.4) is 0 Å². The van der Waals surface area contributed by atoms with E-state index >= 15 is 0 Å². The van der Waals surface area contributed by atoms with Gasteiger partial charge in [-0.1, -0.05) is 13.8 Å². The number of hydrogen-bond acceptors (Lipinski definition) is 2. The van der Waals surface area contributed by atoms with Crippen molar-refractivity contribution < 1.29 is 4.79 Å². The summed E-state index contributed by atoms with van der Waals surface area (Å²) in [4.78, 5) is 13.9. The lowest BCUT2D eigenvalue weighted by Crippen LogP contribution is -2.34. The number of carbonyl (C=O) groups is 1. The van der Waals surface area contributed by atoms with Gasteiger partial charge in [0.2, 0.25) is 5.91 Å². The van der Waals surface area contributed by atoms with Crippen LogP contribution in [0.1, 0.15) is 34.1 Å². The number of nitrogens with zero attached hydrogens (tertiary/aromatic N) is 1. The summed E-state index contributed by atoms with van der Waals surface area (Å²) >= 11 is 1.93. The number of likely N-dealkylation sites (tertiary alicyclic amines) is 1. The van der Waals surface area contributed by atoms with Crippen LogP contribution in [0.15, 0.2) is 0 Å². The second kappa shape index (κ2) is 5.78. The zero-order valence-electron chi connectivity index (χ0n) is 10.3. The van der Waals surface area contributed by atoms with E-state index < -0.39 is 0 Å². The SMILES string of the molecule is CC(C)CSCC1CCN(C(C)C)C1=O. The third-order valence-electron chi connectivity index (χ3n) is 2.74. The highest BCUT2D eigenvalue weighted by Crippen LogP contribution is 2.24. The Morgan fingerprint density at radius 2 is 2.07 bits per heavy atom. The van der Waals surface area contributed by atoms with Gasteiger partial charge < -0.3 is 4.90 Å². The largest absolute Gasteiger partial charge is 0.340 e. The zero-order valence-corrected chi connectivity index (χ0v) is 11.1. The highest BCUT2D eigenvalue weighted by atomic mass is 32.2. The molecule has 1 aliphatic heterocycles. The predicted octanol–water partition coefficient (Wildman–Crippen LogP) is 2.63. The van der Waals surface area contributed by atoms with Gasteiger partial charge in [-0.3, -0.25) is 4.79 Å². The van der Waals surface area contributed by atoms with Gasteiger partial charge in [-0.25, -0.2) is 0 Å². The summed E-state index contributed by atoms with van der Waals surface area (Å²) in [5.74, 6) is 3.58. The number of rotatable bonds is 5. The second-order valence-electron chi connectivity index (χ2n) is 5.04. The standard InChI is InChI=1S/C12H23NOS/c1-9(2)7-15-8-11-5-6-13(10(3)4)12(11)14/h9-11H,5-8H2,1-4H3. The fraction of sp³-hybridized carbons (Fsp3) is 0.917. The van der Waals surface area contributed by atoms with Crippen molar-refractivity contribution in [2.24, 2.45) is 11.8 Å². The summed E-state index contributed by atoms with van der Waals surface area (Å²) in [6.07, 6.45) is 1.06. The van der Waals surface area contributed by atoms with E-state index in [0.717, 1.165) is 24.6 Å². The van der Waals surface area contributed by atoms with E-state index in [-0.39, 0.29) is 5.92 Å². The molecule has 2 nitrogen and oxygen atoms in total. The van der Waals surface area contributed by atoms with Gasteiger partial charge in [-0.05, 0) is 31.9 Å². The first kappa shape index (κ1) is 12.9. The number of hydrogen-bond donors (Lipinski definition) is 0. The van der Waals surface area contributed by atoms with Gasteiger partial charge in [0.25, 0.3) is 0 Å². The molecular formula is C12H23NOS. The van der Waals surface area contributed by atoms with Gasteiger partial charge >= 0.3 is 0 Å². The van der Waals surface area contributed by atoms with Crippen molar-refractivity contribution in [3.05, 3.63) is 0 Å². The van der Waals surface area contributed by atoms with Crippen molar-refractivity contribution in [3.63, 3.8) is 0 Å². The molecule has 1 heterocycles. The van der Waals surface area contributed by atoms with Crippen molar-refractivity contribution in [2.75, 3.05) is 18.1 Å². The third kappa shape index (κ3) is 3.71. The van der Waals surface area contributed by atoms with E-state index in [0.29, 0.717) is 11.9 Å². The Morgan fingerprint density at radius 3 is 2.53 bits per heavy atom. The summed E-state index contributed by atoms with van der Waals surface area (Å²) in [5.41, 5.74) is 0. The molecule has 0 N–H and O–H groups in total. The Morgan fingerprint density at radius 1 is 1.40 bits per heavy atom. The quantitative estimate of drug-likeness (QED) is 0.722. The van der Waals surface area contributed by atoms with Gasteiger partial charge in [-0.2, -0.15) is 11.8 Å². The van der Waals surface area contributed by atoms with Gasteiger partial charge in [0.15, 0.2) is 0 Å². The Bertz CT molecular complexity index is 216. The summed E-state index contributed by atoms with van der Waals surface area (Å²) in [6.45, 7) is 9.61. The van der Waals surface area contributed by atoms with Crippen LogP contribution >= 0.6 is 11.8 Å². The molecule has 0 aromatic rings.